The second-order valence-electron chi connectivity index (χ2n) is 5.05. The number of alkyl halides is 3. The summed E-state index contributed by atoms with van der Waals surface area (Å²) >= 11 is 0. The molecule has 2 N–H and O–H groups in total. The quantitative estimate of drug-likeness (QED) is 0.841. The molecule has 0 saturated carbocycles. The molecule has 0 fully saturated rings. The van der Waals surface area contributed by atoms with Gasteiger partial charge < -0.3 is 10.6 Å². The van der Waals surface area contributed by atoms with Crippen LogP contribution < -0.4 is 10.6 Å². The van der Waals surface area contributed by atoms with Gasteiger partial charge in [-0.05, 0) is 24.0 Å². The standard InChI is InChI=1S/C13H15F3N2O/c1-7(2)6-10-8-4-3-5-9(13(14,15)16)11(8)18-12(19)17-10/h3-5,7,10H,6H2,1-2H3,(H2,17,18,19). The van der Waals surface area contributed by atoms with E-state index in [-0.39, 0.29) is 17.6 Å². The first kappa shape index (κ1) is 13.7. The van der Waals surface area contributed by atoms with Crippen LogP contribution in [-0.4, -0.2) is 6.03 Å². The summed E-state index contributed by atoms with van der Waals surface area (Å²) in [6.07, 6.45) is -3.87. The van der Waals surface area contributed by atoms with Crippen LogP contribution in [-0.2, 0) is 6.18 Å². The Morgan fingerprint density at radius 1 is 1.32 bits per heavy atom. The van der Waals surface area contributed by atoms with Crippen LogP contribution in [0.5, 0.6) is 0 Å². The molecule has 2 amide bonds. The van der Waals surface area contributed by atoms with Crippen LogP contribution in [0, 0.1) is 5.92 Å². The van der Waals surface area contributed by atoms with E-state index in [2.05, 4.69) is 10.6 Å². The van der Waals surface area contributed by atoms with Crippen molar-refractivity contribution in [3.63, 3.8) is 0 Å². The molecule has 1 unspecified atom stereocenters. The largest absolute Gasteiger partial charge is 0.418 e. The average molecular weight is 272 g/mol. The Bertz CT molecular complexity index is 497. The number of anilines is 1. The summed E-state index contributed by atoms with van der Waals surface area (Å²) in [6, 6.07) is 3.00. The fourth-order valence-electron chi connectivity index (χ4n) is 2.28. The predicted octanol–water partition coefficient (Wildman–Crippen LogP) is 3.93. The summed E-state index contributed by atoms with van der Waals surface area (Å²) < 4.78 is 38.8. The molecule has 0 radical (unpaired) electrons. The highest BCUT2D eigenvalue weighted by Crippen LogP contribution is 2.41. The Kier molecular flexibility index (Phi) is 3.43. The molecule has 19 heavy (non-hydrogen) atoms. The van der Waals surface area contributed by atoms with E-state index < -0.39 is 17.8 Å². The molecule has 1 aromatic carbocycles. The molecule has 6 heteroatoms. The van der Waals surface area contributed by atoms with Crippen molar-refractivity contribution in [1.82, 2.24) is 5.32 Å². The van der Waals surface area contributed by atoms with Crippen LogP contribution in [0.4, 0.5) is 23.7 Å². The number of nitrogens with one attached hydrogen (secondary N) is 2. The number of carbonyl (C=O) groups excluding carboxylic acids is 1. The lowest BCUT2D eigenvalue weighted by molar-refractivity contribution is -0.137. The third-order valence-electron chi connectivity index (χ3n) is 3.03. The lowest BCUT2D eigenvalue weighted by Crippen LogP contribution is -2.39. The van der Waals surface area contributed by atoms with Gasteiger partial charge in [-0.1, -0.05) is 26.0 Å². The minimum atomic E-state index is -4.47. The molecule has 2 rings (SSSR count). The number of urea groups is 1. The maximum atomic E-state index is 12.9. The highest BCUT2D eigenvalue weighted by Gasteiger charge is 2.37. The van der Waals surface area contributed by atoms with Gasteiger partial charge in [-0.3, -0.25) is 0 Å². The predicted molar refractivity (Wildman–Crippen MR) is 65.8 cm³/mol. The van der Waals surface area contributed by atoms with Gasteiger partial charge in [0.25, 0.3) is 0 Å². The molecule has 0 aliphatic carbocycles. The van der Waals surface area contributed by atoms with Gasteiger partial charge in [0, 0.05) is 0 Å². The monoisotopic (exact) mass is 272 g/mol. The molecule has 1 aliphatic rings. The zero-order valence-corrected chi connectivity index (χ0v) is 10.6. The Hall–Kier alpha value is -1.72. The zero-order valence-electron chi connectivity index (χ0n) is 10.6. The van der Waals surface area contributed by atoms with Crippen molar-refractivity contribution in [3.8, 4) is 0 Å². The van der Waals surface area contributed by atoms with E-state index in [1.165, 1.54) is 6.07 Å². The van der Waals surface area contributed by atoms with Crippen molar-refractivity contribution in [2.24, 2.45) is 5.92 Å². The van der Waals surface area contributed by atoms with E-state index in [0.717, 1.165) is 6.07 Å². The number of amides is 2. The van der Waals surface area contributed by atoms with Gasteiger partial charge in [-0.2, -0.15) is 13.2 Å². The molecular formula is C13H15F3N2O. The molecule has 0 spiro atoms. The highest BCUT2D eigenvalue weighted by atomic mass is 19.4. The summed E-state index contributed by atoms with van der Waals surface area (Å²) in [7, 11) is 0. The number of fused-ring (bicyclic) bond motifs is 1. The van der Waals surface area contributed by atoms with Gasteiger partial charge in [0.2, 0.25) is 0 Å². The van der Waals surface area contributed by atoms with E-state index in [1.807, 2.05) is 13.8 Å². The molecular weight excluding hydrogens is 257 g/mol. The van der Waals surface area contributed by atoms with Gasteiger partial charge >= 0.3 is 12.2 Å². The Labute approximate surface area is 109 Å². The fraction of sp³-hybridized carbons (Fsp3) is 0.462. The van der Waals surface area contributed by atoms with Crippen LogP contribution in [0.2, 0.25) is 0 Å². The van der Waals surface area contributed by atoms with Crippen molar-refractivity contribution < 1.29 is 18.0 Å². The zero-order chi connectivity index (χ0) is 14.2. The molecule has 1 aliphatic heterocycles. The second kappa shape index (κ2) is 4.75. The van der Waals surface area contributed by atoms with Crippen LogP contribution in [0.25, 0.3) is 0 Å². The number of halogens is 3. The van der Waals surface area contributed by atoms with E-state index >= 15 is 0 Å². The Morgan fingerprint density at radius 3 is 2.58 bits per heavy atom. The van der Waals surface area contributed by atoms with Gasteiger partial charge in [0.05, 0.1) is 17.3 Å². The SMILES string of the molecule is CC(C)CC1NC(=O)Nc2c1cccc2C(F)(F)F. The topological polar surface area (TPSA) is 41.1 Å². The second-order valence-corrected chi connectivity index (χ2v) is 5.05. The van der Waals surface area contributed by atoms with E-state index in [0.29, 0.717) is 12.0 Å². The molecule has 3 nitrogen and oxygen atoms in total. The Morgan fingerprint density at radius 2 is 2.00 bits per heavy atom. The number of benzene rings is 1. The van der Waals surface area contributed by atoms with E-state index in [4.69, 9.17) is 0 Å². The molecule has 0 bridgehead atoms. The fourth-order valence-corrected chi connectivity index (χ4v) is 2.28. The first-order chi connectivity index (χ1) is 8.79. The summed E-state index contributed by atoms with van der Waals surface area (Å²) in [5, 5.41) is 4.93. The molecule has 1 heterocycles. The normalized spacial score (nSPS) is 18.8. The minimum Gasteiger partial charge on any atom is -0.331 e. The van der Waals surface area contributed by atoms with Crippen molar-refractivity contribution >= 4 is 11.7 Å². The van der Waals surface area contributed by atoms with Crippen LogP contribution >= 0.6 is 0 Å². The number of hydrogen-bond acceptors (Lipinski definition) is 1. The number of carbonyl (C=O) groups is 1. The first-order valence-corrected chi connectivity index (χ1v) is 6.06. The number of rotatable bonds is 2. The smallest absolute Gasteiger partial charge is 0.331 e. The van der Waals surface area contributed by atoms with Crippen molar-refractivity contribution in [3.05, 3.63) is 29.3 Å². The maximum Gasteiger partial charge on any atom is 0.418 e. The molecule has 1 aromatic rings. The summed E-state index contributed by atoms with van der Waals surface area (Å²) in [6.45, 7) is 3.92. The maximum absolute atomic E-state index is 12.9. The highest BCUT2D eigenvalue weighted by molar-refractivity contribution is 5.94. The third kappa shape index (κ3) is 2.83. The summed E-state index contributed by atoms with van der Waals surface area (Å²) in [4.78, 5) is 11.5. The van der Waals surface area contributed by atoms with E-state index in [1.54, 1.807) is 6.07 Å². The lowest BCUT2D eigenvalue weighted by Gasteiger charge is -2.30. The Balaban J connectivity index is 2.49. The van der Waals surface area contributed by atoms with Crippen LogP contribution in [0.15, 0.2) is 18.2 Å². The van der Waals surface area contributed by atoms with Gasteiger partial charge in [-0.15, -0.1) is 0 Å². The molecule has 1 atom stereocenters. The lowest BCUT2D eigenvalue weighted by atomic mass is 9.92. The summed E-state index contributed by atoms with van der Waals surface area (Å²) in [5.74, 6) is 0.269. The third-order valence-corrected chi connectivity index (χ3v) is 3.03. The molecule has 104 valence electrons. The molecule has 0 saturated heterocycles. The van der Waals surface area contributed by atoms with Crippen LogP contribution in [0.1, 0.15) is 37.4 Å². The average Bonchev–Trinajstić information content (AvgIpc) is 2.25. The minimum absolute atomic E-state index is 0.121. The van der Waals surface area contributed by atoms with Crippen LogP contribution in [0.3, 0.4) is 0 Å². The van der Waals surface area contributed by atoms with Gasteiger partial charge in [0.15, 0.2) is 0 Å². The van der Waals surface area contributed by atoms with E-state index in [9.17, 15) is 18.0 Å². The van der Waals surface area contributed by atoms with Crippen molar-refractivity contribution in [2.45, 2.75) is 32.5 Å². The number of hydrogen-bond donors (Lipinski definition) is 2. The summed E-state index contributed by atoms with van der Waals surface area (Å²) in [5.41, 5.74) is -0.430. The van der Waals surface area contributed by atoms with Crippen molar-refractivity contribution in [1.29, 1.82) is 0 Å². The van der Waals surface area contributed by atoms with Gasteiger partial charge in [-0.25, -0.2) is 4.79 Å². The van der Waals surface area contributed by atoms with Crippen molar-refractivity contribution in [2.75, 3.05) is 5.32 Å². The van der Waals surface area contributed by atoms with Gasteiger partial charge in [0.1, 0.15) is 0 Å². The molecule has 0 aromatic heterocycles. The first-order valence-electron chi connectivity index (χ1n) is 6.06. The number of para-hydroxylation sites is 1.